The van der Waals surface area contributed by atoms with Gasteiger partial charge in [0.1, 0.15) is 11.6 Å². The van der Waals surface area contributed by atoms with Gasteiger partial charge in [-0.15, -0.1) is 0 Å². The molecule has 11 heteroatoms. The fourth-order valence-electron chi connectivity index (χ4n) is 4.34. The summed E-state index contributed by atoms with van der Waals surface area (Å²) in [4.78, 5) is 53.6. The van der Waals surface area contributed by atoms with Crippen molar-refractivity contribution in [2.45, 2.75) is 25.9 Å². The molecule has 11 nitrogen and oxygen atoms in total. The summed E-state index contributed by atoms with van der Waals surface area (Å²) in [5, 5.41) is 0. The summed E-state index contributed by atoms with van der Waals surface area (Å²) < 4.78 is 6.29. The number of nitrogens with two attached hydrogens (primary N) is 1. The maximum Gasteiger partial charge on any atom is 0.330 e. The number of H-pyrrole nitrogens is 1. The molecule has 4 rings (SSSR count). The van der Waals surface area contributed by atoms with E-state index in [0.29, 0.717) is 18.8 Å². The van der Waals surface area contributed by atoms with Gasteiger partial charge in [-0.05, 0) is 18.4 Å². The van der Waals surface area contributed by atoms with Gasteiger partial charge in [0.15, 0.2) is 5.69 Å². The van der Waals surface area contributed by atoms with Gasteiger partial charge in [-0.2, -0.15) is 0 Å². The number of piperidine rings is 1. The largest absolute Gasteiger partial charge is 0.383 e. The highest BCUT2D eigenvalue weighted by Crippen LogP contribution is 2.27. The Bertz CT molecular complexity index is 1260. The first-order valence-electron chi connectivity index (χ1n) is 11.5. The van der Waals surface area contributed by atoms with Crippen molar-refractivity contribution in [3.63, 3.8) is 0 Å². The number of nitrogens with one attached hydrogen (secondary N) is 1. The van der Waals surface area contributed by atoms with E-state index < -0.39 is 17.2 Å². The van der Waals surface area contributed by atoms with Crippen molar-refractivity contribution in [1.82, 2.24) is 19.5 Å². The van der Waals surface area contributed by atoms with Crippen molar-refractivity contribution in [2.75, 3.05) is 42.3 Å². The second kappa shape index (κ2) is 11.0. The number of amides is 1. The predicted octanol–water partition coefficient (Wildman–Crippen LogP) is 1.01. The number of nitrogen functional groups attached to an aromatic ring is 1. The third kappa shape index (κ3) is 5.40. The fraction of sp³-hybridized carbons (Fsp3) is 0.375. The van der Waals surface area contributed by atoms with Crippen molar-refractivity contribution in [1.29, 1.82) is 0 Å². The summed E-state index contributed by atoms with van der Waals surface area (Å²) in [6.07, 6.45) is 6.33. The van der Waals surface area contributed by atoms with Crippen LogP contribution in [0, 0.1) is 5.92 Å². The van der Waals surface area contributed by atoms with Crippen LogP contribution < -0.4 is 26.8 Å². The van der Waals surface area contributed by atoms with Crippen LogP contribution >= 0.6 is 0 Å². The number of carbonyl (C=O) groups excluding carboxylic acids is 1. The molecule has 3 heterocycles. The van der Waals surface area contributed by atoms with Gasteiger partial charge >= 0.3 is 5.69 Å². The highest BCUT2D eigenvalue weighted by atomic mass is 16.5. The number of hydrogen-bond donors (Lipinski definition) is 2. The van der Waals surface area contributed by atoms with E-state index >= 15 is 0 Å². The van der Waals surface area contributed by atoms with Gasteiger partial charge in [-0.25, -0.2) is 9.78 Å². The molecule has 0 radical (unpaired) electrons. The first-order valence-corrected chi connectivity index (χ1v) is 11.5. The molecule has 1 aliphatic heterocycles. The molecule has 184 valence electrons. The van der Waals surface area contributed by atoms with Gasteiger partial charge in [-0.3, -0.25) is 29.0 Å². The van der Waals surface area contributed by atoms with Crippen LogP contribution in [0.5, 0.6) is 0 Å². The molecule has 3 aromatic rings. The van der Waals surface area contributed by atoms with Crippen LogP contribution in [0.2, 0.25) is 0 Å². The smallest absolute Gasteiger partial charge is 0.330 e. The molecule has 35 heavy (non-hydrogen) atoms. The molecule has 2 aromatic heterocycles. The van der Waals surface area contributed by atoms with E-state index in [1.165, 1.54) is 16.6 Å². The Morgan fingerprint density at radius 1 is 1.26 bits per heavy atom. The summed E-state index contributed by atoms with van der Waals surface area (Å²) in [6.45, 7) is 1.69. The van der Waals surface area contributed by atoms with Crippen LogP contribution in [-0.4, -0.2) is 52.2 Å². The zero-order chi connectivity index (χ0) is 24.8. The van der Waals surface area contributed by atoms with Crippen LogP contribution in [0.4, 0.5) is 17.3 Å². The minimum absolute atomic E-state index is 0.0359. The lowest BCUT2D eigenvalue weighted by Gasteiger charge is -2.35. The molecule has 1 amide bonds. The molecule has 0 aliphatic carbocycles. The second-order valence-corrected chi connectivity index (χ2v) is 8.40. The molecular weight excluding hydrogens is 450 g/mol. The normalized spacial score (nSPS) is 15.7. The molecule has 3 N–H and O–H groups in total. The van der Waals surface area contributed by atoms with E-state index in [4.69, 9.17) is 10.5 Å². The van der Waals surface area contributed by atoms with Gasteiger partial charge in [0.25, 0.3) is 5.56 Å². The molecule has 0 bridgehead atoms. The van der Waals surface area contributed by atoms with Crippen LogP contribution in [0.1, 0.15) is 18.4 Å². The standard InChI is InChI=1S/C24H29N7O4/c1-35-13-12-30-21(25)20(22(32)28-24(30)34)31(15-17-6-3-2-4-7-17)23(33)18-8-5-11-29(16-18)19-14-26-9-10-27-19/h2-4,6-7,9-10,14,18H,5,8,11-13,15-16,25H2,1H3,(H,28,32,34)/t18-/m1/s1. The molecule has 0 unspecified atom stereocenters. The topological polar surface area (TPSA) is 139 Å². The van der Waals surface area contributed by atoms with Gasteiger partial charge in [0, 0.05) is 32.6 Å². The Labute approximate surface area is 202 Å². The number of aromatic amines is 1. The molecule has 1 saturated heterocycles. The van der Waals surface area contributed by atoms with E-state index in [1.807, 2.05) is 35.2 Å². The molecule has 1 aromatic carbocycles. The molecule has 0 spiro atoms. The zero-order valence-electron chi connectivity index (χ0n) is 19.6. The predicted molar refractivity (Wildman–Crippen MR) is 132 cm³/mol. The van der Waals surface area contributed by atoms with E-state index in [9.17, 15) is 14.4 Å². The number of carbonyl (C=O) groups is 1. The van der Waals surface area contributed by atoms with Crippen LogP contribution in [0.25, 0.3) is 0 Å². The van der Waals surface area contributed by atoms with E-state index in [0.717, 1.165) is 18.5 Å². The number of ether oxygens (including phenoxy) is 1. The quantitative estimate of drug-likeness (QED) is 0.488. The van der Waals surface area contributed by atoms with Gasteiger partial charge in [-0.1, -0.05) is 30.3 Å². The summed E-state index contributed by atoms with van der Waals surface area (Å²) in [5.41, 5.74) is 5.78. The van der Waals surface area contributed by atoms with E-state index in [-0.39, 0.29) is 37.1 Å². The Balaban J connectivity index is 1.72. The number of methoxy groups -OCH3 is 1. The van der Waals surface area contributed by atoms with Crippen molar-refractivity contribution in [3.8, 4) is 0 Å². The average molecular weight is 480 g/mol. The number of aromatic nitrogens is 4. The van der Waals surface area contributed by atoms with Gasteiger partial charge in [0.05, 0.1) is 31.8 Å². The number of rotatable bonds is 8. The minimum atomic E-state index is -0.702. The summed E-state index contributed by atoms with van der Waals surface area (Å²) >= 11 is 0. The summed E-state index contributed by atoms with van der Waals surface area (Å²) in [7, 11) is 1.50. The number of anilines is 3. The van der Waals surface area contributed by atoms with Gasteiger partial charge < -0.3 is 15.4 Å². The third-order valence-electron chi connectivity index (χ3n) is 6.10. The summed E-state index contributed by atoms with van der Waals surface area (Å²) in [6, 6.07) is 9.35. The SMILES string of the molecule is COCCn1c(N)c(N(Cc2ccccc2)C(=O)[C@@H]2CCCN(c3cnccn3)C2)c(=O)[nH]c1=O. The minimum Gasteiger partial charge on any atom is -0.383 e. The first kappa shape index (κ1) is 24.1. The van der Waals surface area contributed by atoms with Crippen molar-refractivity contribution in [2.24, 2.45) is 5.92 Å². The first-order chi connectivity index (χ1) is 17.0. The lowest BCUT2D eigenvalue weighted by atomic mass is 9.96. The average Bonchev–Trinajstić information content (AvgIpc) is 2.88. The van der Waals surface area contributed by atoms with Crippen LogP contribution in [-0.2, 0) is 22.6 Å². The molecular formula is C24H29N7O4. The lowest BCUT2D eigenvalue weighted by Crippen LogP contribution is -2.47. The highest BCUT2D eigenvalue weighted by molar-refractivity contribution is 5.97. The maximum absolute atomic E-state index is 13.9. The monoisotopic (exact) mass is 479 g/mol. The Hall–Kier alpha value is -3.99. The number of hydrogen-bond acceptors (Lipinski definition) is 8. The summed E-state index contributed by atoms with van der Waals surface area (Å²) in [5.74, 6) is -0.00374. The van der Waals surface area contributed by atoms with Crippen molar-refractivity contribution >= 4 is 23.2 Å². The zero-order valence-corrected chi connectivity index (χ0v) is 19.6. The fourth-order valence-corrected chi connectivity index (χ4v) is 4.34. The van der Waals surface area contributed by atoms with Crippen molar-refractivity contribution in [3.05, 3.63) is 75.3 Å². The van der Waals surface area contributed by atoms with Crippen LogP contribution in [0.15, 0.2) is 58.5 Å². The maximum atomic E-state index is 13.9. The highest BCUT2D eigenvalue weighted by Gasteiger charge is 2.33. The lowest BCUT2D eigenvalue weighted by molar-refractivity contribution is -0.122. The number of nitrogens with zero attached hydrogens (tertiary/aromatic N) is 5. The van der Waals surface area contributed by atoms with E-state index in [2.05, 4.69) is 15.0 Å². The molecule has 1 atom stereocenters. The van der Waals surface area contributed by atoms with Crippen LogP contribution in [0.3, 0.4) is 0 Å². The molecule has 0 saturated carbocycles. The van der Waals surface area contributed by atoms with E-state index in [1.54, 1.807) is 18.6 Å². The molecule has 1 fully saturated rings. The van der Waals surface area contributed by atoms with Gasteiger partial charge in [0.2, 0.25) is 5.91 Å². The molecule has 1 aliphatic rings. The Kier molecular flexibility index (Phi) is 7.56. The third-order valence-corrected chi connectivity index (χ3v) is 6.10. The second-order valence-electron chi connectivity index (χ2n) is 8.40. The van der Waals surface area contributed by atoms with Crippen molar-refractivity contribution < 1.29 is 9.53 Å². The number of benzene rings is 1. The Morgan fingerprint density at radius 3 is 2.77 bits per heavy atom. The Morgan fingerprint density at radius 2 is 2.06 bits per heavy atom.